The number of alkyl halides is 3. The van der Waals surface area contributed by atoms with Crippen molar-refractivity contribution in [3.05, 3.63) is 27.2 Å². The van der Waals surface area contributed by atoms with Crippen LogP contribution in [0.25, 0.3) is 0 Å². The van der Waals surface area contributed by atoms with Crippen LogP contribution in [0.15, 0.2) is 16.6 Å². The SMILES string of the molecule is NNc1cc(Cl)cc(Br)c1C(F)(F)F. The lowest BCUT2D eigenvalue weighted by atomic mass is 10.2. The lowest BCUT2D eigenvalue weighted by Gasteiger charge is -2.14. The van der Waals surface area contributed by atoms with Gasteiger partial charge in [-0.2, -0.15) is 13.2 Å². The Morgan fingerprint density at radius 1 is 1.36 bits per heavy atom. The molecule has 1 aromatic rings. The van der Waals surface area contributed by atoms with Gasteiger partial charge in [0, 0.05) is 9.50 Å². The normalized spacial score (nSPS) is 11.6. The largest absolute Gasteiger partial charge is 0.419 e. The van der Waals surface area contributed by atoms with Gasteiger partial charge in [0.2, 0.25) is 0 Å². The van der Waals surface area contributed by atoms with Crippen molar-refractivity contribution in [3.63, 3.8) is 0 Å². The molecular formula is C7H5BrClF3N2. The van der Waals surface area contributed by atoms with Crippen LogP contribution in [0.1, 0.15) is 5.56 Å². The second kappa shape index (κ2) is 3.96. The monoisotopic (exact) mass is 288 g/mol. The zero-order valence-corrected chi connectivity index (χ0v) is 8.96. The van der Waals surface area contributed by atoms with E-state index in [0.717, 1.165) is 12.1 Å². The van der Waals surface area contributed by atoms with E-state index in [2.05, 4.69) is 15.9 Å². The van der Waals surface area contributed by atoms with E-state index in [4.69, 9.17) is 17.4 Å². The topological polar surface area (TPSA) is 38.0 Å². The molecule has 3 N–H and O–H groups in total. The average molecular weight is 289 g/mol. The molecule has 0 aliphatic rings. The summed E-state index contributed by atoms with van der Waals surface area (Å²) in [6.07, 6.45) is -4.48. The smallest absolute Gasteiger partial charge is 0.323 e. The molecule has 1 rings (SSSR count). The minimum atomic E-state index is -4.48. The molecule has 0 atom stereocenters. The fourth-order valence-corrected chi connectivity index (χ4v) is 2.01. The first-order valence-corrected chi connectivity index (χ1v) is 4.56. The summed E-state index contributed by atoms with van der Waals surface area (Å²) in [5, 5.41) is 0.165. The molecule has 14 heavy (non-hydrogen) atoms. The van der Waals surface area contributed by atoms with Crippen LogP contribution < -0.4 is 11.3 Å². The molecular weight excluding hydrogens is 284 g/mol. The average Bonchev–Trinajstić information content (AvgIpc) is 1.99. The van der Waals surface area contributed by atoms with Crippen molar-refractivity contribution in [2.24, 2.45) is 5.84 Å². The molecule has 0 aromatic heterocycles. The van der Waals surface area contributed by atoms with Crippen molar-refractivity contribution in [1.82, 2.24) is 0 Å². The molecule has 0 aliphatic carbocycles. The molecule has 0 saturated carbocycles. The van der Waals surface area contributed by atoms with Crippen LogP contribution >= 0.6 is 27.5 Å². The molecule has 2 nitrogen and oxygen atoms in total. The fourth-order valence-electron chi connectivity index (χ4n) is 0.976. The van der Waals surface area contributed by atoms with Crippen molar-refractivity contribution < 1.29 is 13.2 Å². The van der Waals surface area contributed by atoms with Gasteiger partial charge in [-0.15, -0.1) is 0 Å². The maximum absolute atomic E-state index is 12.5. The Labute approximate surface area is 91.3 Å². The number of anilines is 1. The molecule has 78 valence electrons. The number of nitrogens with one attached hydrogen (secondary N) is 1. The van der Waals surface area contributed by atoms with Crippen LogP contribution in [-0.4, -0.2) is 0 Å². The van der Waals surface area contributed by atoms with E-state index in [0.29, 0.717) is 0 Å². The van der Waals surface area contributed by atoms with Gasteiger partial charge < -0.3 is 5.43 Å². The van der Waals surface area contributed by atoms with Gasteiger partial charge in [-0.3, -0.25) is 5.84 Å². The second-order valence-corrected chi connectivity index (χ2v) is 3.74. The summed E-state index contributed by atoms with van der Waals surface area (Å²) in [6.45, 7) is 0. The van der Waals surface area contributed by atoms with Crippen LogP contribution in [-0.2, 0) is 6.18 Å². The number of nitrogen functional groups attached to an aromatic ring is 1. The third-order valence-corrected chi connectivity index (χ3v) is 2.34. The van der Waals surface area contributed by atoms with Gasteiger partial charge in [-0.25, -0.2) is 0 Å². The Hall–Kier alpha value is -0.460. The van der Waals surface area contributed by atoms with Gasteiger partial charge in [-0.05, 0) is 12.1 Å². The van der Waals surface area contributed by atoms with Crippen LogP contribution in [0.5, 0.6) is 0 Å². The van der Waals surface area contributed by atoms with E-state index in [1.165, 1.54) is 0 Å². The van der Waals surface area contributed by atoms with Gasteiger partial charge >= 0.3 is 6.18 Å². The van der Waals surface area contributed by atoms with E-state index in [1.54, 1.807) is 0 Å². The Morgan fingerprint density at radius 2 is 1.93 bits per heavy atom. The molecule has 0 heterocycles. The quantitative estimate of drug-likeness (QED) is 0.614. The molecule has 1 aromatic carbocycles. The number of halogens is 5. The first-order chi connectivity index (χ1) is 6.36. The highest BCUT2D eigenvalue weighted by molar-refractivity contribution is 9.10. The lowest BCUT2D eigenvalue weighted by molar-refractivity contribution is -0.137. The molecule has 0 spiro atoms. The molecule has 0 bridgehead atoms. The number of hydrogen-bond donors (Lipinski definition) is 2. The Balaban J connectivity index is 3.40. The first kappa shape index (κ1) is 11.6. The summed E-state index contributed by atoms with van der Waals surface area (Å²) < 4.78 is 37.2. The number of benzene rings is 1. The summed E-state index contributed by atoms with van der Waals surface area (Å²) >= 11 is 8.33. The van der Waals surface area contributed by atoms with E-state index in [9.17, 15) is 13.2 Å². The van der Waals surface area contributed by atoms with Gasteiger partial charge in [-0.1, -0.05) is 27.5 Å². The van der Waals surface area contributed by atoms with Crippen LogP contribution in [0.3, 0.4) is 0 Å². The van der Waals surface area contributed by atoms with Gasteiger partial charge in [0.15, 0.2) is 0 Å². The fraction of sp³-hybridized carbons (Fsp3) is 0.143. The second-order valence-electron chi connectivity index (χ2n) is 2.45. The third kappa shape index (κ3) is 2.31. The Morgan fingerprint density at radius 3 is 2.36 bits per heavy atom. The van der Waals surface area contributed by atoms with Crippen molar-refractivity contribution in [2.75, 3.05) is 5.43 Å². The number of nitrogens with two attached hydrogens (primary N) is 1. The first-order valence-electron chi connectivity index (χ1n) is 3.39. The van der Waals surface area contributed by atoms with Gasteiger partial charge in [0.1, 0.15) is 0 Å². The van der Waals surface area contributed by atoms with E-state index in [1.807, 2.05) is 5.43 Å². The van der Waals surface area contributed by atoms with Crippen molar-refractivity contribution in [2.45, 2.75) is 6.18 Å². The molecule has 0 unspecified atom stereocenters. The minimum absolute atomic E-state index is 0.148. The molecule has 0 amide bonds. The highest BCUT2D eigenvalue weighted by Crippen LogP contribution is 2.41. The molecule has 7 heteroatoms. The van der Waals surface area contributed by atoms with Crippen LogP contribution in [0.2, 0.25) is 5.02 Å². The zero-order valence-electron chi connectivity index (χ0n) is 6.62. The summed E-state index contributed by atoms with van der Waals surface area (Å²) in [5.41, 5.74) is 0.812. The van der Waals surface area contributed by atoms with Crippen molar-refractivity contribution in [1.29, 1.82) is 0 Å². The molecule has 0 saturated heterocycles. The summed E-state index contributed by atoms with van der Waals surface area (Å²) in [5.74, 6) is 4.96. The third-order valence-electron chi connectivity index (χ3n) is 1.49. The van der Waals surface area contributed by atoms with Crippen molar-refractivity contribution >= 4 is 33.2 Å². The maximum Gasteiger partial charge on any atom is 0.419 e. The van der Waals surface area contributed by atoms with Gasteiger partial charge in [0.25, 0.3) is 0 Å². The molecule has 0 radical (unpaired) electrons. The Kier molecular flexibility index (Phi) is 3.28. The van der Waals surface area contributed by atoms with Crippen molar-refractivity contribution in [3.8, 4) is 0 Å². The van der Waals surface area contributed by atoms with Gasteiger partial charge in [0.05, 0.1) is 11.3 Å². The standard InChI is InChI=1S/C7H5BrClF3N2/c8-4-1-3(9)2-5(14-13)6(4)7(10,11)12/h1-2,14H,13H2. The summed E-state index contributed by atoms with van der Waals surface area (Å²) in [7, 11) is 0. The number of hydrogen-bond acceptors (Lipinski definition) is 2. The van der Waals surface area contributed by atoms with E-state index < -0.39 is 11.7 Å². The maximum atomic E-state index is 12.5. The summed E-state index contributed by atoms with van der Waals surface area (Å²) in [6, 6.07) is 2.26. The molecule has 0 fully saturated rings. The van der Waals surface area contributed by atoms with Crippen LogP contribution in [0.4, 0.5) is 18.9 Å². The van der Waals surface area contributed by atoms with E-state index in [-0.39, 0.29) is 15.2 Å². The minimum Gasteiger partial charge on any atom is -0.323 e. The van der Waals surface area contributed by atoms with E-state index >= 15 is 0 Å². The predicted octanol–water partition coefficient (Wildman–Crippen LogP) is 3.41. The van der Waals surface area contributed by atoms with Crippen LogP contribution in [0, 0.1) is 0 Å². The predicted molar refractivity (Wildman–Crippen MR) is 52.0 cm³/mol. The molecule has 0 aliphatic heterocycles. The highest BCUT2D eigenvalue weighted by atomic mass is 79.9. The summed E-state index contributed by atoms with van der Waals surface area (Å²) in [4.78, 5) is 0. The number of rotatable bonds is 1. The zero-order chi connectivity index (χ0) is 10.9. The Bertz CT molecular complexity index is 354. The highest BCUT2D eigenvalue weighted by Gasteiger charge is 2.36. The lowest BCUT2D eigenvalue weighted by Crippen LogP contribution is -2.15. The number of hydrazine groups is 1.